The molecular weight excluding hydrogens is 295 g/mol. The number of rotatable bonds is 2. The average molecular weight is 303 g/mol. The first-order chi connectivity index (χ1) is 8.38. The molecule has 0 amide bonds. The molecule has 6 heteroatoms. The van der Waals surface area contributed by atoms with Crippen LogP contribution in [0, 0.1) is 0 Å². The van der Waals surface area contributed by atoms with E-state index >= 15 is 0 Å². The normalized spacial score (nSPS) is 11.5. The fraction of sp³-hybridized carbons (Fsp3) is 0. The number of halogens is 2. The summed E-state index contributed by atoms with van der Waals surface area (Å²) in [6, 6.07) is 10.9. The standard InChI is InChI=1S/C12H8Cl2O3S/c13-11-6-3-9(7-12(11)14)8-1-4-10(5-2-8)18(15,16)17/h1-7H,(H,15,16,17). The van der Waals surface area contributed by atoms with Gasteiger partial charge in [-0.05, 0) is 35.4 Å². The van der Waals surface area contributed by atoms with Gasteiger partial charge in [0, 0.05) is 0 Å². The lowest BCUT2D eigenvalue weighted by molar-refractivity contribution is 0.483. The molecule has 2 rings (SSSR count). The van der Waals surface area contributed by atoms with Crippen LogP contribution in [0.15, 0.2) is 47.4 Å². The molecule has 0 spiro atoms. The fourth-order valence-corrected chi connectivity index (χ4v) is 2.27. The van der Waals surface area contributed by atoms with Crippen LogP contribution >= 0.6 is 23.2 Å². The van der Waals surface area contributed by atoms with E-state index in [4.69, 9.17) is 27.8 Å². The van der Waals surface area contributed by atoms with Crippen molar-refractivity contribution < 1.29 is 13.0 Å². The van der Waals surface area contributed by atoms with Crippen LogP contribution in [0.5, 0.6) is 0 Å². The van der Waals surface area contributed by atoms with Gasteiger partial charge in [0.05, 0.1) is 14.9 Å². The van der Waals surface area contributed by atoms with Gasteiger partial charge in [-0.1, -0.05) is 41.4 Å². The summed E-state index contributed by atoms with van der Waals surface area (Å²) in [5, 5.41) is 0.878. The van der Waals surface area contributed by atoms with Crippen LogP contribution in [-0.4, -0.2) is 13.0 Å². The highest BCUT2D eigenvalue weighted by Gasteiger charge is 2.09. The van der Waals surface area contributed by atoms with E-state index < -0.39 is 10.1 Å². The van der Waals surface area contributed by atoms with Crippen molar-refractivity contribution in [3.05, 3.63) is 52.5 Å². The van der Waals surface area contributed by atoms with Crippen LogP contribution in [-0.2, 0) is 10.1 Å². The minimum absolute atomic E-state index is 0.147. The Labute approximate surface area is 115 Å². The highest BCUT2D eigenvalue weighted by atomic mass is 35.5. The van der Waals surface area contributed by atoms with Gasteiger partial charge >= 0.3 is 0 Å². The summed E-state index contributed by atoms with van der Waals surface area (Å²) in [5.74, 6) is 0. The second-order valence-electron chi connectivity index (χ2n) is 3.63. The van der Waals surface area contributed by atoms with Crippen LogP contribution < -0.4 is 0 Å². The second-order valence-corrected chi connectivity index (χ2v) is 5.86. The maximum Gasteiger partial charge on any atom is 0.294 e. The third-order valence-electron chi connectivity index (χ3n) is 2.41. The van der Waals surface area contributed by atoms with Crippen molar-refractivity contribution in [3.8, 4) is 11.1 Å². The predicted octanol–water partition coefficient (Wildman–Crippen LogP) is 3.91. The second kappa shape index (κ2) is 4.90. The molecule has 0 saturated carbocycles. The van der Waals surface area contributed by atoms with Crippen LogP contribution in [0.4, 0.5) is 0 Å². The van der Waals surface area contributed by atoms with Crippen molar-refractivity contribution in [1.82, 2.24) is 0 Å². The summed E-state index contributed by atoms with van der Waals surface area (Å²) in [6.07, 6.45) is 0. The molecule has 0 aliphatic rings. The molecule has 0 aliphatic heterocycles. The maximum atomic E-state index is 10.9. The van der Waals surface area contributed by atoms with Gasteiger partial charge in [0.15, 0.2) is 0 Å². The van der Waals surface area contributed by atoms with Crippen LogP contribution in [0.1, 0.15) is 0 Å². The van der Waals surface area contributed by atoms with Gasteiger partial charge in [0.25, 0.3) is 10.1 Å². The van der Waals surface area contributed by atoms with E-state index in [1.165, 1.54) is 12.1 Å². The molecule has 0 saturated heterocycles. The van der Waals surface area contributed by atoms with Gasteiger partial charge in [-0.25, -0.2) is 0 Å². The average Bonchev–Trinajstić information content (AvgIpc) is 2.32. The third-order valence-corrected chi connectivity index (χ3v) is 4.01. The molecule has 0 atom stereocenters. The maximum absolute atomic E-state index is 10.9. The summed E-state index contributed by atoms with van der Waals surface area (Å²) in [7, 11) is -4.16. The SMILES string of the molecule is O=S(=O)(O)c1ccc(-c2ccc(Cl)c(Cl)c2)cc1. The summed E-state index contributed by atoms with van der Waals surface area (Å²) >= 11 is 11.7. The van der Waals surface area contributed by atoms with Crippen molar-refractivity contribution in [1.29, 1.82) is 0 Å². The van der Waals surface area contributed by atoms with E-state index in [1.54, 1.807) is 30.3 Å². The van der Waals surface area contributed by atoms with E-state index in [9.17, 15) is 8.42 Å². The Morgan fingerprint density at radius 3 is 1.89 bits per heavy atom. The van der Waals surface area contributed by atoms with Crippen molar-refractivity contribution >= 4 is 33.3 Å². The summed E-state index contributed by atoms with van der Waals surface area (Å²) in [4.78, 5) is -0.147. The first kappa shape index (κ1) is 13.4. The van der Waals surface area contributed by atoms with Crippen LogP contribution in [0.3, 0.4) is 0 Å². The molecule has 0 aliphatic carbocycles. The van der Waals surface area contributed by atoms with Gasteiger partial charge in [-0.15, -0.1) is 0 Å². The van der Waals surface area contributed by atoms with Gasteiger partial charge in [-0.2, -0.15) is 8.42 Å². The Balaban J connectivity index is 2.43. The quantitative estimate of drug-likeness (QED) is 0.856. The zero-order valence-electron chi connectivity index (χ0n) is 8.97. The number of hydrogen-bond donors (Lipinski definition) is 1. The number of hydrogen-bond acceptors (Lipinski definition) is 2. The first-order valence-electron chi connectivity index (χ1n) is 4.91. The van der Waals surface area contributed by atoms with E-state index in [2.05, 4.69) is 0 Å². The molecule has 3 nitrogen and oxygen atoms in total. The van der Waals surface area contributed by atoms with Crippen molar-refractivity contribution in [3.63, 3.8) is 0 Å². The Bertz CT molecular complexity index is 679. The van der Waals surface area contributed by atoms with E-state index in [-0.39, 0.29) is 4.90 Å². The highest BCUT2D eigenvalue weighted by molar-refractivity contribution is 7.85. The lowest BCUT2D eigenvalue weighted by Gasteiger charge is -2.04. The third kappa shape index (κ3) is 2.84. The molecule has 0 heterocycles. The molecule has 2 aromatic rings. The Morgan fingerprint density at radius 2 is 1.39 bits per heavy atom. The van der Waals surface area contributed by atoms with Crippen molar-refractivity contribution in [2.24, 2.45) is 0 Å². The number of benzene rings is 2. The lowest BCUT2D eigenvalue weighted by Crippen LogP contribution is -1.97. The Kier molecular flexibility index (Phi) is 3.64. The van der Waals surface area contributed by atoms with Gasteiger partial charge in [-0.3, -0.25) is 4.55 Å². The predicted molar refractivity (Wildman–Crippen MR) is 71.7 cm³/mol. The summed E-state index contributed by atoms with van der Waals surface area (Å²) in [5.41, 5.74) is 1.59. The smallest absolute Gasteiger partial charge is 0.282 e. The van der Waals surface area contributed by atoms with Crippen LogP contribution in [0.2, 0.25) is 10.0 Å². The Morgan fingerprint density at radius 1 is 0.833 bits per heavy atom. The monoisotopic (exact) mass is 302 g/mol. The molecular formula is C12H8Cl2O3S. The molecule has 2 aromatic carbocycles. The minimum Gasteiger partial charge on any atom is -0.282 e. The fourth-order valence-electron chi connectivity index (χ4n) is 1.50. The molecule has 0 radical (unpaired) electrons. The Hall–Kier alpha value is -1.07. The van der Waals surface area contributed by atoms with Crippen molar-refractivity contribution in [2.45, 2.75) is 4.90 Å². The first-order valence-corrected chi connectivity index (χ1v) is 7.10. The molecule has 0 fully saturated rings. The van der Waals surface area contributed by atoms with Gasteiger partial charge in [0.2, 0.25) is 0 Å². The summed E-state index contributed by atoms with van der Waals surface area (Å²) in [6.45, 7) is 0. The summed E-state index contributed by atoms with van der Waals surface area (Å²) < 4.78 is 30.7. The molecule has 94 valence electrons. The topological polar surface area (TPSA) is 54.4 Å². The molecule has 1 N–H and O–H groups in total. The molecule has 0 unspecified atom stereocenters. The largest absolute Gasteiger partial charge is 0.294 e. The lowest BCUT2D eigenvalue weighted by atomic mass is 10.1. The zero-order chi connectivity index (χ0) is 13.3. The molecule has 0 bridgehead atoms. The highest BCUT2D eigenvalue weighted by Crippen LogP contribution is 2.28. The van der Waals surface area contributed by atoms with E-state index in [0.717, 1.165) is 11.1 Å². The van der Waals surface area contributed by atoms with Crippen molar-refractivity contribution in [2.75, 3.05) is 0 Å². The van der Waals surface area contributed by atoms with Gasteiger partial charge < -0.3 is 0 Å². The van der Waals surface area contributed by atoms with Gasteiger partial charge in [0.1, 0.15) is 0 Å². The molecule has 0 aromatic heterocycles. The van der Waals surface area contributed by atoms with E-state index in [1.807, 2.05) is 0 Å². The zero-order valence-corrected chi connectivity index (χ0v) is 11.3. The minimum atomic E-state index is -4.16. The van der Waals surface area contributed by atoms with E-state index in [0.29, 0.717) is 10.0 Å². The molecule has 18 heavy (non-hydrogen) atoms. The van der Waals surface area contributed by atoms with Crippen LogP contribution in [0.25, 0.3) is 11.1 Å².